The summed E-state index contributed by atoms with van der Waals surface area (Å²) in [6.07, 6.45) is 1.69. The number of benzene rings is 1. The molecule has 0 bridgehead atoms. The van der Waals surface area contributed by atoms with Crippen LogP contribution in [0, 0.1) is 5.82 Å². The molecule has 0 fully saturated rings. The first-order chi connectivity index (χ1) is 9.63. The number of rotatable bonds is 3. The summed E-state index contributed by atoms with van der Waals surface area (Å²) in [5, 5.41) is 1.81. The van der Waals surface area contributed by atoms with Gasteiger partial charge in [-0.1, -0.05) is 0 Å². The van der Waals surface area contributed by atoms with Gasteiger partial charge in [0.25, 0.3) is 5.56 Å². The lowest BCUT2D eigenvalue weighted by Gasteiger charge is -2.04. The predicted octanol–water partition coefficient (Wildman–Crippen LogP) is 2.77. The summed E-state index contributed by atoms with van der Waals surface area (Å²) in [5.41, 5.74) is 6.41. The summed E-state index contributed by atoms with van der Waals surface area (Å²) in [7, 11) is 0. The molecule has 0 saturated heterocycles. The van der Waals surface area contributed by atoms with Crippen LogP contribution >= 0.6 is 23.1 Å². The summed E-state index contributed by atoms with van der Waals surface area (Å²) in [4.78, 5) is 17.3. The molecule has 3 rings (SSSR count). The molecule has 0 aliphatic rings. The van der Waals surface area contributed by atoms with E-state index in [1.807, 2.05) is 0 Å². The number of nitrogens with two attached hydrogens (primary N) is 1. The van der Waals surface area contributed by atoms with E-state index < -0.39 is 0 Å². The van der Waals surface area contributed by atoms with E-state index in [4.69, 9.17) is 5.73 Å². The molecule has 0 atom stereocenters. The van der Waals surface area contributed by atoms with Gasteiger partial charge >= 0.3 is 0 Å². The second-order valence-corrected chi connectivity index (χ2v) is 6.01. The third kappa shape index (κ3) is 2.54. The van der Waals surface area contributed by atoms with Crippen LogP contribution < -0.4 is 11.3 Å². The molecule has 7 heteroatoms. The Balaban J connectivity index is 1.84. The van der Waals surface area contributed by atoms with Crippen LogP contribution in [0.25, 0.3) is 4.96 Å². The predicted molar refractivity (Wildman–Crippen MR) is 79.7 cm³/mol. The first-order valence-corrected chi connectivity index (χ1v) is 7.63. The van der Waals surface area contributed by atoms with E-state index >= 15 is 0 Å². The van der Waals surface area contributed by atoms with Crippen molar-refractivity contribution in [1.82, 2.24) is 9.38 Å². The molecular formula is C13H10FN3OS2. The van der Waals surface area contributed by atoms with Crippen molar-refractivity contribution >= 4 is 33.7 Å². The van der Waals surface area contributed by atoms with Crippen molar-refractivity contribution in [2.45, 2.75) is 10.6 Å². The lowest BCUT2D eigenvalue weighted by Crippen LogP contribution is -2.12. The number of thioether (sulfide) groups is 1. The van der Waals surface area contributed by atoms with Gasteiger partial charge in [0.15, 0.2) is 4.96 Å². The van der Waals surface area contributed by atoms with E-state index in [0.29, 0.717) is 27.0 Å². The van der Waals surface area contributed by atoms with Gasteiger partial charge in [0.2, 0.25) is 0 Å². The number of nitrogen functional groups attached to an aromatic ring is 1. The fraction of sp³-hybridized carbons (Fsp3) is 0.0769. The molecule has 2 heterocycles. The Morgan fingerprint density at radius 1 is 1.40 bits per heavy atom. The first-order valence-electron chi connectivity index (χ1n) is 5.77. The molecule has 0 spiro atoms. The zero-order valence-electron chi connectivity index (χ0n) is 10.2. The second-order valence-electron chi connectivity index (χ2n) is 4.12. The highest BCUT2D eigenvalue weighted by Crippen LogP contribution is 2.26. The minimum Gasteiger partial charge on any atom is -0.399 e. The molecule has 2 N–H and O–H groups in total. The number of nitrogens with zero attached hydrogens (tertiary/aromatic N) is 2. The van der Waals surface area contributed by atoms with Gasteiger partial charge in [0.1, 0.15) is 5.82 Å². The Kier molecular flexibility index (Phi) is 3.45. The SMILES string of the molecule is Nc1ccc(SCc2cc(=O)n3ccsc3n2)c(F)c1. The lowest BCUT2D eigenvalue weighted by atomic mass is 10.3. The minimum absolute atomic E-state index is 0.121. The standard InChI is InChI=1S/C13H10FN3OS2/c14-10-5-8(15)1-2-11(10)20-7-9-6-12(18)17-3-4-19-13(17)16-9/h1-6H,7,15H2. The van der Waals surface area contributed by atoms with Crippen molar-refractivity contribution in [2.24, 2.45) is 0 Å². The molecule has 0 aliphatic heterocycles. The molecule has 0 aliphatic carbocycles. The summed E-state index contributed by atoms with van der Waals surface area (Å²) < 4.78 is 15.1. The number of aromatic nitrogens is 2. The third-order valence-electron chi connectivity index (χ3n) is 2.69. The smallest absolute Gasteiger partial charge is 0.258 e. The van der Waals surface area contributed by atoms with Crippen LogP contribution in [0.3, 0.4) is 0 Å². The number of thiazole rings is 1. The van der Waals surface area contributed by atoms with Crippen LogP contribution in [0.4, 0.5) is 10.1 Å². The monoisotopic (exact) mass is 307 g/mol. The average molecular weight is 307 g/mol. The van der Waals surface area contributed by atoms with E-state index in [1.165, 1.54) is 39.6 Å². The Morgan fingerprint density at radius 2 is 2.25 bits per heavy atom. The maximum Gasteiger partial charge on any atom is 0.258 e. The Morgan fingerprint density at radius 3 is 3.05 bits per heavy atom. The Labute approximate surface area is 122 Å². The minimum atomic E-state index is -0.357. The van der Waals surface area contributed by atoms with Crippen molar-refractivity contribution in [1.29, 1.82) is 0 Å². The number of halogens is 1. The Hall–Kier alpha value is -1.86. The van der Waals surface area contributed by atoms with Gasteiger partial charge in [0.05, 0.1) is 5.69 Å². The molecule has 0 amide bonds. The van der Waals surface area contributed by atoms with Gasteiger partial charge in [-0.15, -0.1) is 23.1 Å². The van der Waals surface area contributed by atoms with Crippen molar-refractivity contribution in [3.63, 3.8) is 0 Å². The second kappa shape index (κ2) is 5.26. The number of hydrogen-bond donors (Lipinski definition) is 1. The highest BCUT2D eigenvalue weighted by atomic mass is 32.2. The normalized spacial score (nSPS) is 11.1. The fourth-order valence-electron chi connectivity index (χ4n) is 1.75. The quantitative estimate of drug-likeness (QED) is 0.597. The van der Waals surface area contributed by atoms with Gasteiger partial charge < -0.3 is 5.73 Å². The van der Waals surface area contributed by atoms with Crippen molar-refractivity contribution < 1.29 is 4.39 Å². The molecule has 1 aromatic carbocycles. The summed E-state index contributed by atoms with van der Waals surface area (Å²) in [6.45, 7) is 0. The van der Waals surface area contributed by atoms with E-state index in [1.54, 1.807) is 23.7 Å². The maximum atomic E-state index is 13.7. The topological polar surface area (TPSA) is 60.4 Å². The van der Waals surface area contributed by atoms with Crippen LogP contribution in [-0.4, -0.2) is 9.38 Å². The zero-order chi connectivity index (χ0) is 14.1. The van der Waals surface area contributed by atoms with Crippen LogP contribution in [-0.2, 0) is 5.75 Å². The van der Waals surface area contributed by atoms with Gasteiger partial charge in [-0.05, 0) is 18.2 Å². The lowest BCUT2D eigenvalue weighted by molar-refractivity contribution is 0.602. The van der Waals surface area contributed by atoms with E-state index in [0.717, 1.165) is 0 Å². The number of anilines is 1. The number of hydrogen-bond acceptors (Lipinski definition) is 5. The van der Waals surface area contributed by atoms with Crippen molar-refractivity contribution in [3.8, 4) is 0 Å². The molecule has 4 nitrogen and oxygen atoms in total. The van der Waals surface area contributed by atoms with Crippen molar-refractivity contribution in [2.75, 3.05) is 5.73 Å². The molecule has 0 saturated carbocycles. The summed E-state index contributed by atoms with van der Waals surface area (Å²) >= 11 is 2.69. The first kappa shape index (κ1) is 13.1. The molecular weight excluding hydrogens is 297 g/mol. The van der Waals surface area contributed by atoms with E-state index in [9.17, 15) is 9.18 Å². The molecule has 3 aromatic rings. The molecule has 20 heavy (non-hydrogen) atoms. The Bertz CT molecular complexity index is 828. The van der Waals surface area contributed by atoms with E-state index in [2.05, 4.69) is 4.98 Å². The highest BCUT2D eigenvalue weighted by Gasteiger charge is 2.07. The van der Waals surface area contributed by atoms with Gasteiger partial charge in [-0.2, -0.15) is 0 Å². The van der Waals surface area contributed by atoms with Gasteiger partial charge in [0, 0.05) is 34.0 Å². The zero-order valence-corrected chi connectivity index (χ0v) is 11.9. The van der Waals surface area contributed by atoms with Crippen LogP contribution in [0.1, 0.15) is 5.69 Å². The van der Waals surface area contributed by atoms with Gasteiger partial charge in [-0.3, -0.25) is 9.20 Å². The molecule has 2 aromatic heterocycles. The maximum absolute atomic E-state index is 13.7. The van der Waals surface area contributed by atoms with Crippen LogP contribution in [0.15, 0.2) is 45.5 Å². The van der Waals surface area contributed by atoms with Crippen LogP contribution in [0.2, 0.25) is 0 Å². The summed E-state index contributed by atoms with van der Waals surface area (Å²) in [6, 6.07) is 6.04. The molecule has 0 radical (unpaired) electrons. The average Bonchev–Trinajstić information content (AvgIpc) is 2.86. The summed E-state index contributed by atoms with van der Waals surface area (Å²) in [5.74, 6) is 0.0775. The van der Waals surface area contributed by atoms with E-state index in [-0.39, 0.29) is 11.4 Å². The number of fused-ring (bicyclic) bond motifs is 1. The molecule has 0 unspecified atom stereocenters. The fourth-order valence-corrected chi connectivity index (χ4v) is 3.30. The largest absolute Gasteiger partial charge is 0.399 e. The van der Waals surface area contributed by atoms with Crippen molar-refractivity contribution in [3.05, 3.63) is 57.7 Å². The van der Waals surface area contributed by atoms with Gasteiger partial charge in [-0.25, -0.2) is 9.37 Å². The molecule has 102 valence electrons. The highest BCUT2D eigenvalue weighted by molar-refractivity contribution is 7.98. The third-order valence-corrected chi connectivity index (χ3v) is 4.53. The van der Waals surface area contributed by atoms with Crippen LogP contribution in [0.5, 0.6) is 0 Å².